The SMILES string of the molecule is CC1(C)C(=O)NC(=O)N1CC(COc1ccc(-c2ccc3c(c2)OCO3)cc1)N(O)C=O. The van der Waals surface area contributed by atoms with E-state index in [1.165, 1.54) is 4.90 Å². The molecule has 2 N–H and O–H groups in total. The van der Waals surface area contributed by atoms with Crippen LogP contribution in [-0.4, -0.2) is 65.0 Å². The van der Waals surface area contributed by atoms with Crippen LogP contribution in [0.2, 0.25) is 0 Å². The first-order valence-electron chi connectivity index (χ1n) is 9.98. The Balaban J connectivity index is 1.43. The Bertz CT molecular complexity index is 1040. The molecule has 0 spiro atoms. The highest BCUT2D eigenvalue weighted by Gasteiger charge is 2.46. The summed E-state index contributed by atoms with van der Waals surface area (Å²) in [5, 5.41) is 12.6. The molecule has 0 aromatic heterocycles. The van der Waals surface area contributed by atoms with Crippen molar-refractivity contribution in [1.29, 1.82) is 0 Å². The van der Waals surface area contributed by atoms with Crippen LogP contribution in [0.4, 0.5) is 4.79 Å². The van der Waals surface area contributed by atoms with Gasteiger partial charge in [0.25, 0.3) is 5.91 Å². The van der Waals surface area contributed by atoms with Gasteiger partial charge >= 0.3 is 6.03 Å². The highest BCUT2D eigenvalue weighted by molar-refractivity contribution is 6.06. The summed E-state index contributed by atoms with van der Waals surface area (Å²) in [5.41, 5.74) is 0.789. The quantitative estimate of drug-likeness (QED) is 0.278. The number of nitrogens with one attached hydrogen (secondary N) is 1. The molecule has 10 heteroatoms. The maximum atomic E-state index is 12.1. The van der Waals surface area contributed by atoms with Crippen molar-refractivity contribution in [2.24, 2.45) is 0 Å². The van der Waals surface area contributed by atoms with Crippen LogP contribution in [0.15, 0.2) is 42.5 Å². The van der Waals surface area contributed by atoms with Gasteiger partial charge in [0, 0.05) is 6.54 Å². The van der Waals surface area contributed by atoms with Crippen molar-refractivity contribution in [2.75, 3.05) is 19.9 Å². The molecule has 4 rings (SSSR count). The predicted octanol–water partition coefficient (Wildman–Crippen LogP) is 2.01. The summed E-state index contributed by atoms with van der Waals surface area (Å²) in [6.45, 7) is 3.20. The number of carbonyl (C=O) groups is 3. The van der Waals surface area contributed by atoms with Crippen LogP contribution < -0.4 is 19.5 Å². The molecule has 0 bridgehead atoms. The second kappa shape index (κ2) is 8.39. The van der Waals surface area contributed by atoms with Crippen molar-refractivity contribution in [2.45, 2.75) is 25.4 Å². The van der Waals surface area contributed by atoms with E-state index >= 15 is 0 Å². The van der Waals surface area contributed by atoms with Gasteiger partial charge in [0.15, 0.2) is 11.5 Å². The van der Waals surface area contributed by atoms with Crippen molar-refractivity contribution < 1.29 is 33.8 Å². The lowest BCUT2D eigenvalue weighted by molar-refractivity contribution is -0.165. The van der Waals surface area contributed by atoms with Crippen LogP contribution in [0.25, 0.3) is 11.1 Å². The minimum Gasteiger partial charge on any atom is -0.491 e. The van der Waals surface area contributed by atoms with Crippen LogP contribution >= 0.6 is 0 Å². The number of fused-ring (bicyclic) bond motifs is 1. The van der Waals surface area contributed by atoms with Gasteiger partial charge < -0.3 is 19.1 Å². The lowest BCUT2D eigenvalue weighted by Gasteiger charge is -2.33. The van der Waals surface area contributed by atoms with E-state index in [0.717, 1.165) is 11.1 Å². The van der Waals surface area contributed by atoms with E-state index in [9.17, 15) is 19.6 Å². The number of nitrogens with zero attached hydrogens (tertiary/aromatic N) is 2. The van der Waals surface area contributed by atoms with Crippen LogP contribution in [-0.2, 0) is 9.59 Å². The first-order chi connectivity index (χ1) is 15.3. The summed E-state index contributed by atoms with van der Waals surface area (Å²) in [5.74, 6) is 1.46. The molecule has 1 fully saturated rings. The van der Waals surface area contributed by atoms with E-state index in [2.05, 4.69) is 5.32 Å². The average molecular weight is 441 g/mol. The van der Waals surface area contributed by atoms with E-state index in [1.807, 2.05) is 30.3 Å². The molecule has 32 heavy (non-hydrogen) atoms. The molecule has 1 atom stereocenters. The van der Waals surface area contributed by atoms with E-state index in [0.29, 0.717) is 22.3 Å². The molecule has 10 nitrogen and oxygen atoms in total. The van der Waals surface area contributed by atoms with Gasteiger partial charge in [-0.25, -0.2) is 9.86 Å². The van der Waals surface area contributed by atoms with Crippen molar-refractivity contribution in [1.82, 2.24) is 15.3 Å². The van der Waals surface area contributed by atoms with Gasteiger partial charge in [0.1, 0.15) is 23.9 Å². The van der Waals surface area contributed by atoms with Crippen LogP contribution in [0.3, 0.4) is 0 Å². The first kappa shape index (κ1) is 21.4. The monoisotopic (exact) mass is 441 g/mol. The molecule has 2 aromatic rings. The molecule has 2 aliphatic rings. The maximum Gasteiger partial charge on any atom is 0.325 e. The zero-order valence-corrected chi connectivity index (χ0v) is 17.6. The summed E-state index contributed by atoms with van der Waals surface area (Å²) in [6.07, 6.45) is 0.236. The fourth-order valence-electron chi connectivity index (χ4n) is 3.53. The van der Waals surface area contributed by atoms with Gasteiger partial charge in [-0.1, -0.05) is 18.2 Å². The van der Waals surface area contributed by atoms with Gasteiger partial charge in [-0.05, 0) is 49.2 Å². The molecule has 2 aliphatic heterocycles. The topological polar surface area (TPSA) is 118 Å². The Hall–Kier alpha value is -3.79. The lowest BCUT2D eigenvalue weighted by atomic mass is 10.0. The lowest BCUT2D eigenvalue weighted by Crippen LogP contribution is -2.52. The second-order valence-corrected chi connectivity index (χ2v) is 7.97. The Labute approximate surface area is 184 Å². The van der Waals surface area contributed by atoms with Gasteiger partial charge in [-0.2, -0.15) is 0 Å². The molecular weight excluding hydrogens is 418 g/mol. The summed E-state index contributed by atoms with van der Waals surface area (Å²) < 4.78 is 16.5. The van der Waals surface area contributed by atoms with Crippen LogP contribution in [0.1, 0.15) is 13.8 Å². The number of carbonyl (C=O) groups excluding carboxylic acids is 3. The van der Waals surface area contributed by atoms with E-state index in [-0.39, 0.29) is 26.4 Å². The number of benzene rings is 2. The number of amides is 4. The zero-order chi connectivity index (χ0) is 22.9. The number of hydrogen-bond donors (Lipinski definition) is 2. The number of imide groups is 1. The van der Waals surface area contributed by atoms with Crippen molar-refractivity contribution in [3.05, 3.63) is 42.5 Å². The number of hydrogen-bond acceptors (Lipinski definition) is 7. The zero-order valence-electron chi connectivity index (χ0n) is 17.6. The molecule has 0 radical (unpaired) electrons. The number of urea groups is 1. The van der Waals surface area contributed by atoms with Crippen LogP contribution in [0, 0.1) is 0 Å². The van der Waals surface area contributed by atoms with E-state index in [4.69, 9.17) is 14.2 Å². The van der Waals surface area contributed by atoms with E-state index in [1.54, 1.807) is 26.0 Å². The molecule has 2 aromatic carbocycles. The van der Waals surface area contributed by atoms with Crippen molar-refractivity contribution in [3.8, 4) is 28.4 Å². The molecule has 0 aliphatic carbocycles. The summed E-state index contributed by atoms with van der Waals surface area (Å²) in [4.78, 5) is 36.5. The Kier molecular flexibility index (Phi) is 5.62. The van der Waals surface area contributed by atoms with E-state index < -0.39 is 23.5 Å². The molecule has 1 saturated heterocycles. The highest BCUT2D eigenvalue weighted by atomic mass is 16.7. The first-order valence-corrected chi connectivity index (χ1v) is 9.98. The van der Waals surface area contributed by atoms with Crippen molar-refractivity contribution in [3.63, 3.8) is 0 Å². The summed E-state index contributed by atoms with van der Waals surface area (Å²) >= 11 is 0. The number of ether oxygens (including phenoxy) is 3. The molecule has 0 saturated carbocycles. The smallest absolute Gasteiger partial charge is 0.325 e. The fraction of sp³-hybridized carbons (Fsp3) is 0.318. The van der Waals surface area contributed by atoms with Gasteiger partial charge in [-0.3, -0.25) is 20.1 Å². The maximum absolute atomic E-state index is 12.1. The predicted molar refractivity (Wildman–Crippen MR) is 111 cm³/mol. The van der Waals surface area contributed by atoms with Gasteiger partial charge in [-0.15, -0.1) is 0 Å². The fourth-order valence-corrected chi connectivity index (χ4v) is 3.53. The third kappa shape index (κ3) is 4.04. The summed E-state index contributed by atoms with van der Waals surface area (Å²) in [7, 11) is 0. The largest absolute Gasteiger partial charge is 0.491 e. The highest BCUT2D eigenvalue weighted by Crippen LogP contribution is 2.36. The minimum atomic E-state index is -1.11. The normalized spacial score (nSPS) is 17.2. The van der Waals surface area contributed by atoms with Gasteiger partial charge in [0.05, 0.1) is 0 Å². The molecule has 1 unspecified atom stereocenters. The molecule has 2 heterocycles. The standard InChI is InChI=1S/C22H23N3O7/c1-22(2)20(27)23-21(28)24(22)10-16(25(29)12-26)11-30-17-6-3-14(4-7-17)15-5-8-18-19(9-15)32-13-31-18/h3-9,12,16,29H,10-11,13H2,1-2H3,(H,23,27,28). The summed E-state index contributed by atoms with van der Waals surface area (Å²) in [6, 6.07) is 11.5. The minimum absolute atomic E-state index is 0.0882. The molecule has 168 valence electrons. The molecule has 4 amide bonds. The number of hydroxylamine groups is 2. The third-order valence-corrected chi connectivity index (χ3v) is 5.57. The average Bonchev–Trinajstić information content (AvgIpc) is 3.33. The molecular formula is C22H23N3O7. The third-order valence-electron chi connectivity index (χ3n) is 5.57. The second-order valence-electron chi connectivity index (χ2n) is 7.97. The van der Waals surface area contributed by atoms with Gasteiger partial charge in [0.2, 0.25) is 13.2 Å². The Morgan fingerprint density at radius 1 is 1.16 bits per heavy atom. The Morgan fingerprint density at radius 3 is 2.50 bits per heavy atom. The van der Waals surface area contributed by atoms with Crippen molar-refractivity contribution >= 4 is 18.3 Å². The number of rotatable bonds is 8. The van der Waals surface area contributed by atoms with Crippen LogP contribution in [0.5, 0.6) is 17.2 Å². The Morgan fingerprint density at radius 2 is 1.84 bits per heavy atom.